The summed E-state index contributed by atoms with van der Waals surface area (Å²) < 4.78 is 0. The topological polar surface area (TPSA) is 113 Å². The van der Waals surface area contributed by atoms with Gasteiger partial charge in [0.1, 0.15) is 6.07 Å². The normalized spacial score (nSPS) is 26.1. The van der Waals surface area contributed by atoms with Gasteiger partial charge in [0.2, 0.25) is 0 Å². The minimum Gasteiger partial charge on any atom is -0.399 e. The van der Waals surface area contributed by atoms with Crippen LogP contribution in [0.25, 0.3) is 0 Å². The van der Waals surface area contributed by atoms with E-state index in [2.05, 4.69) is 23.2 Å². The molecule has 22 heavy (non-hydrogen) atoms. The summed E-state index contributed by atoms with van der Waals surface area (Å²) in [6.07, 6.45) is 6.54. The average molecular weight is 289 g/mol. The molecule has 0 saturated heterocycles. The lowest BCUT2D eigenvalue weighted by Crippen LogP contribution is -2.42. The summed E-state index contributed by atoms with van der Waals surface area (Å²) in [5.41, 5.74) is 6.76. The first-order valence-corrected chi connectivity index (χ1v) is 7.26. The molecule has 2 aliphatic rings. The van der Waals surface area contributed by atoms with E-state index in [0.717, 1.165) is 30.5 Å². The predicted octanol–water partition coefficient (Wildman–Crippen LogP) is 2.61. The first kappa shape index (κ1) is 14.0. The van der Waals surface area contributed by atoms with Crippen LogP contribution in [0.15, 0.2) is 41.2 Å². The van der Waals surface area contributed by atoms with Gasteiger partial charge in [-0.25, -0.2) is 0 Å². The van der Waals surface area contributed by atoms with Crippen LogP contribution in [0.4, 0.5) is 0 Å². The second-order valence-corrected chi connectivity index (χ2v) is 5.73. The summed E-state index contributed by atoms with van der Waals surface area (Å²) in [5, 5.41) is 29.0. The molecular formula is C17H15N5. The number of H-pyrrole nitrogens is 1. The smallest absolute Gasteiger partial charge is 0.192 e. The number of aromatic nitrogens is 1. The molecule has 5 heteroatoms. The summed E-state index contributed by atoms with van der Waals surface area (Å²) in [7, 11) is 0. The van der Waals surface area contributed by atoms with Crippen molar-refractivity contribution in [3.63, 3.8) is 0 Å². The zero-order valence-electron chi connectivity index (χ0n) is 12.0. The summed E-state index contributed by atoms with van der Waals surface area (Å²) in [5.74, 6) is -0.408. The number of nitrogens with two attached hydrogens (primary N) is 1. The third-order valence-electron chi connectivity index (χ3n) is 4.76. The molecule has 5 nitrogen and oxygen atoms in total. The highest BCUT2D eigenvalue weighted by molar-refractivity contribution is 5.58. The molecule has 1 aromatic heterocycles. The van der Waals surface area contributed by atoms with E-state index in [1.807, 2.05) is 18.2 Å². The Morgan fingerprint density at radius 3 is 2.64 bits per heavy atom. The first-order chi connectivity index (χ1) is 10.7. The third kappa shape index (κ3) is 1.68. The summed E-state index contributed by atoms with van der Waals surface area (Å²) in [6.45, 7) is 0. The predicted molar refractivity (Wildman–Crippen MR) is 79.4 cm³/mol. The van der Waals surface area contributed by atoms with Gasteiger partial charge in [-0.1, -0.05) is 6.08 Å². The number of hydrogen-bond acceptors (Lipinski definition) is 4. The van der Waals surface area contributed by atoms with Crippen LogP contribution in [0.2, 0.25) is 0 Å². The molecule has 2 atom stereocenters. The highest BCUT2D eigenvalue weighted by Crippen LogP contribution is 2.55. The molecule has 0 aromatic carbocycles. The van der Waals surface area contributed by atoms with Gasteiger partial charge in [0.25, 0.3) is 0 Å². The Balaban J connectivity index is 2.33. The number of nitriles is 3. The van der Waals surface area contributed by atoms with Crippen LogP contribution in [0, 0.1) is 45.3 Å². The van der Waals surface area contributed by atoms with E-state index in [1.165, 1.54) is 0 Å². The second-order valence-electron chi connectivity index (χ2n) is 5.73. The lowest BCUT2D eigenvalue weighted by molar-refractivity contribution is 0.312. The molecule has 0 radical (unpaired) electrons. The van der Waals surface area contributed by atoms with Crippen molar-refractivity contribution in [3.05, 3.63) is 46.9 Å². The number of nitrogens with zero attached hydrogens (tertiary/aromatic N) is 3. The second kappa shape index (κ2) is 5.10. The average Bonchev–Trinajstić information content (AvgIpc) is 3.08. The van der Waals surface area contributed by atoms with Crippen LogP contribution in [-0.2, 0) is 0 Å². The molecule has 0 amide bonds. The Morgan fingerprint density at radius 1 is 1.27 bits per heavy atom. The lowest BCUT2D eigenvalue weighted by Gasteiger charge is -2.42. The van der Waals surface area contributed by atoms with Gasteiger partial charge in [-0.3, -0.25) is 0 Å². The highest BCUT2D eigenvalue weighted by Gasteiger charge is 2.54. The van der Waals surface area contributed by atoms with Crippen molar-refractivity contribution in [1.82, 2.24) is 4.98 Å². The number of aromatic amines is 1. The van der Waals surface area contributed by atoms with Gasteiger partial charge in [0.15, 0.2) is 5.41 Å². The van der Waals surface area contributed by atoms with E-state index in [4.69, 9.17) is 5.73 Å². The molecule has 108 valence electrons. The van der Waals surface area contributed by atoms with Crippen molar-refractivity contribution < 1.29 is 0 Å². The fourth-order valence-electron chi connectivity index (χ4n) is 3.75. The van der Waals surface area contributed by atoms with Crippen LogP contribution < -0.4 is 5.73 Å². The maximum Gasteiger partial charge on any atom is 0.192 e. The van der Waals surface area contributed by atoms with Gasteiger partial charge in [-0.15, -0.1) is 0 Å². The zero-order chi connectivity index (χ0) is 15.7. The number of allylic oxidation sites excluding steroid dienone is 4. The highest BCUT2D eigenvalue weighted by atomic mass is 14.8. The van der Waals surface area contributed by atoms with Crippen molar-refractivity contribution >= 4 is 0 Å². The molecule has 0 bridgehead atoms. The van der Waals surface area contributed by atoms with E-state index >= 15 is 0 Å². The minimum atomic E-state index is -1.50. The summed E-state index contributed by atoms with van der Waals surface area (Å²) in [4.78, 5) is 3.13. The Labute approximate surface area is 129 Å². The molecule has 3 N–H and O–H groups in total. The van der Waals surface area contributed by atoms with E-state index < -0.39 is 5.41 Å². The summed E-state index contributed by atoms with van der Waals surface area (Å²) in [6, 6.07) is 10.1. The number of fused-ring (bicyclic) bond motifs is 1. The van der Waals surface area contributed by atoms with Crippen molar-refractivity contribution in [2.75, 3.05) is 0 Å². The van der Waals surface area contributed by atoms with E-state index in [9.17, 15) is 15.8 Å². The van der Waals surface area contributed by atoms with E-state index in [-0.39, 0.29) is 17.5 Å². The number of nitrogens with one attached hydrogen (secondary N) is 1. The third-order valence-corrected chi connectivity index (χ3v) is 4.76. The maximum atomic E-state index is 9.76. The van der Waals surface area contributed by atoms with E-state index in [0.29, 0.717) is 5.57 Å². The van der Waals surface area contributed by atoms with Crippen molar-refractivity contribution in [2.24, 2.45) is 17.1 Å². The minimum absolute atomic E-state index is 0.0337. The standard InChI is InChI=1S/C17H15N5/c18-8-13-11-4-1-2-5-12(11)15(14-6-3-7-22-14)17(9-19,10-20)16(13)21/h3-4,6-7,12,15,22H,1-2,5,21H2/t12-,15+/m1/s1. The van der Waals surface area contributed by atoms with Crippen molar-refractivity contribution in [2.45, 2.75) is 25.2 Å². The van der Waals surface area contributed by atoms with Gasteiger partial charge in [-0.2, -0.15) is 15.8 Å². The molecule has 2 aliphatic carbocycles. The molecule has 0 fully saturated rings. The zero-order valence-corrected chi connectivity index (χ0v) is 12.0. The molecule has 1 heterocycles. The molecule has 0 saturated carbocycles. The van der Waals surface area contributed by atoms with Crippen LogP contribution in [0.3, 0.4) is 0 Å². The van der Waals surface area contributed by atoms with Gasteiger partial charge >= 0.3 is 0 Å². The van der Waals surface area contributed by atoms with Crippen LogP contribution >= 0.6 is 0 Å². The lowest BCUT2D eigenvalue weighted by atomic mass is 9.57. The van der Waals surface area contributed by atoms with Crippen LogP contribution in [-0.4, -0.2) is 4.98 Å². The fraction of sp³-hybridized carbons (Fsp3) is 0.353. The van der Waals surface area contributed by atoms with Crippen LogP contribution in [0.5, 0.6) is 0 Å². The Kier molecular flexibility index (Phi) is 3.24. The molecule has 3 rings (SSSR count). The molecular weight excluding hydrogens is 274 g/mol. The van der Waals surface area contributed by atoms with Crippen molar-refractivity contribution in [3.8, 4) is 18.2 Å². The van der Waals surface area contributed by atoms with Gasteiger partial charge in [0, 0.05) is 17.8 Å². The van der Waals surface area contributed by atoms with Crippen molar-refractivity contribution in [1.29, 1.82) is 15.8 Å². The molecule has 0 spiro atoms. The van der Waals surface area contributed by atoms with Gasteiger partial charge < -0.3 is 10.7 Å². The van der Waals surface area contributed by atoms with Gasteiger partial charge in [-0.05, 0) is 42.9 Å². The molecule has 0 unspecified atom stereocenters. The monoisotopic (exact) mass is 289 g/mol. The molecule has 1 aromatic rings. The summed E-state index contributed by atoms with van der Waals surface area (Å²) >= 11 is 0. The van der Waals surface area contributed by atoms with E-state index in [1.54, 1.807) is 6.20 Å². The Hall–Kier alpha value is -2.97. The Morgan fingerprint density at radius 2 is 2.05 bits per heavy atom. The Bertz CT molecular complexity index is 762. The number of hydrogen-bond donors (Lipinski definition) is 2. The first-order valence-electron chi connectivity index (χ1n) is 7.26. The maximum absolute atomic E-state index is 9.76. The fourth-order valence-corrected chi connectivity index (χ4v) is 3.75. The van der Waals surface area contributed by atoms with Gasteiger partial charge in [0.05, 0.1) is 23.4 Å². The van der Waals surface area contributed by atoms with Crippen LogP contribution in [0.1, 0.15) is 30.9 Å². The largest absolute Gasteiger partial charge is 0.399 e. The molecule has 0 aliphatic heterocycles. The SMILES string of the molecule is N#CC1=C(N)C(C#N)(C#N)[C@H](c2ccc[nH]2)[C@@H]2CCCC=C12. The number of rotatable bonds is 1. The quantitative estimate of drug-likeness (QED) is 0.827.